The van der Waals surface area contributed by atoms with Crippen molar-refractivity contribution in [1.82, 2.24) is 29.9 Å². The van der Waals surface area contributed by atoms with E-state index < -0.39 is 0 Å². The van der Waals surface area contributed by atoms with Crippen molar-refractivity contribution in [3.05, 3.63) is 52.7 Å². The van der Waals surface area contributed by atoms with Gasteiger partial charge in [-0.25, -0.2) is 9.67 Å². The Hall–Kier alpha value is -2.94. The number of pyridine rings is 1. The van der Waals surface area contributed by atoms with Crippen LogP contribution in [0.2, 0.25) is 0 Å². The van der Waals surface area contributed by atoms with Gasteiger partial charge in [0, 0.05) is 31.0 Å². The molecule has 0 aliphatic heterocycles. The van der Waals surface area contributed by atoms with Crippen LogP contribution in [0, 0.1) is 13.8 Å². The summed E-state index contributed by atoms with van der Waals surface area (Å²) >= 11 is 3.45. The third-order valence-corrected chi connectivity index (χ3v) is 5.44. The Balaban J connectivity index is 1.40. The fourth-order valence-corrected chi connectivity index (χ4v) is 3.61. The highest BCUT2D eigenvalue weighted by atomic mass is 79.9. The molecular weight excluding hydrogens is 436 g/mol. The number of nitrogens with one attached hydrogen (secondary N) is 1. The summed E-state index contributed by atoms with van der Waals surface area (Å²) in [5.41, 5.74) is 3.36. The summed E-state index contributed by atoms with van der Waals surface area (Å²) in [6, 6.07) is 5.64. The minimum atomic E-state index is -0.0996. The lowest BCUT2D eigenvalue weighted by Crippen LogP contribution is -2.29. The summed E-state index contributed by atoms with van der Waals surface area (Å²) in [6.07, 6.45) is 6.08. The minimum absolute atomic E-state index is 0.0996. The normalized spacial score (nSPS) is 11.3. The van der Waals surface area contributed by atoms with Gasteiger partial charge in [0.25, 0.3) is 0 Å². The molecule has 0 bridgehead atoms. The number of fused-ring (bicyclic) bond motifs is 1. The number of nitrogens with zero attached hydrogens (tertiary/aromatic N) is 5. The first-order valence-corrected chi connectivity index (χ1v) is 10.1. The number of carbonyl (C=O) groups excluding carboxylic acids is 1. The number of hydrogen-bond donors (Lipinski definition) is 1. The van der Waals surface area contributed by atoms with Crippen LogP contribution in [0.25, 0.3) is 22.4 Å². The molecule has 9 heteroatoms. The number of rotatable bonds is 7. The van der Waals surface area contributed by atoms with Crippen LogP contribution < -0.4 is 5.32 Å². The Labute approximate surface area is 176 Å². The highest BCUT2D eigenvalue weighted by Crippen LogP contribution is 2.29. The summed E-state index contributed by atoms with van der Waals surface area (Å²) in [5, 5.41) is 12.7. The van der Waals surface area contributed by atoms with Crippen LogP contribution >= 0.6 is 15.9 Å². The summed E-state index contributed by atoms with van der Waals surface area (Å²) in [5.74, 6) is 0.655. The van der Waals surface area contributed by atoms with Gasteiger partial charge in [0.05, 0.1) is 27.5 Å². The van der Waals surface area contributed by atoms with Gasteiger partial charge in [0.1, 0.15) is 12.3 Å². The van der Waals surface area contributed by atoms with E-state index in [9.17, 15) is 4.79 Å². The highest BCUT2D eigenvalue weighted by Gasteiger charge is 2.16. The largest absolute Gasteiger partial charge is 0.464 e. The maximum atomic E-state index is 12.4. The van der Waals surface area contributed by atoms with Gasteiger partial charge in [-0.2, -0.15) is 10.2 Å². The van der Waals surface area contributed by atoms with E-state index in [1.165, 1.54) is 0 Å². The number of aromatic nitrogens is 5. The second-order valence-electron chi connectivity index (χ2n) is 6.81. The molecule has 0 fully saturated rings. The van der Waals surface area contributed by atoms with E-state index in [2.05, 4.69) is 36.4 Å². The third-order valence-electron chi connectivity index (χ3n) is 4.66. The molecule has 4 aromatic heterocycles. The SMILES string of the molecule is Cc1nn(CCCNC(=O)Cn2nc(C)c3c(-c4ccco4)ccnc32)cc1Br. The maximum Gasteiger partial charge on any atom is 0.241 e. The van der Waals surface area contributed by atoms with Crippen molar-refractivity contribution in [2.24, 2.45) is 0 Å². The van der Waals surface area contributed by atoms with E-state index in [-0.39, 0.29) is 12.5 Å². The second kappa shape index (κ2) is 8.20. The Morgan fingerprint density at radius 2 is 2.10 bits per heavy atom. The average Bonchev–Trinajstić information content (AvgIpc) is 3.41. The molecule has 0 aromatic carbocycles. The van der Waals surface area contributed by atoms with Crippen LogP contribution in [0.1, 0.15) is 17.8 Å². The molecule has 1 N–H and O–H groups in total. The van der Waals surface area contributed by atoms with Gasteiger partial charge in [0.2, 0.25) is 5.91 Å². The lowest BCUT2D eigenvalue weighted by Gasteiger charge is -2.06. The average molecular weight is 457 g/mol. The number of halogens is 1. The number of aryl methyl sites for hydroxylation is 3. The molecule has 0 aliphatic rings. The first-order chi connectivity index (χ1) is 14.0. The Morgan fingerprint density at radius 3 is 2.83 bits per heavy atom. The van der Waals surface area contributed by atoms with Gasteiger partial charge in [-0.3, -0.25) is 9.48 Å². The molecule has 0 saturated heterocycles. The number of hydrogen-bond acceptors (Lipinski definition) is 5. The number of furan rings is 1. The third kappa shape index (κ3) is 4.09. The highest BCUT2D eigenvalue weighted by molar-refractivity contribution is 9.10. The molecule has 0 spiro atoms. The summed E-state index contributed by atoms with van der Waals surface area (Å²) in [7, 11) is 0. The van der Waals surface area contributed by atoms with E-state index in [0.29, 0.717) is 12.2 Å². The predicted octanol–water partition coefficient (Wildman–Crippen LogP) is 3.47. The molecule has 0 unspecified atom stereocenters. The molecule has 4 heterocycles. The Kier molecular flexibility index (Phi) is 5.48. The van der Waals surface area contributed by atoms with Gasteiger partial charge in [-0.15, -0.1) is 0 Å². The van der Waals surface area contributed by atoms with Gasteiger partial charge in [-0.05, 0) is 54.4 Å². The first-order valence-electron chi connectivity index (χ1n) is 9.35. The lowest BCUT2D eigenvalue weighted by molar-refractivity contribution is -0.121. The van der Waals surface area contributed by atoms with Crippen LogP contribution in [-0.4, -0.2) is 37.0 Å². The summed E-state index contributed by atoms with van der Waals surface area (Å²) in [4.78, 5) is 16.8. The van der Waals surface area contributed by atoms with Crippen LogP contribution in [0.5, 0.6) is 0 Å². The number of carbonyl (C=O) groups is 1. The molecule has 0 radical (unpaired) electrons. The summed E-state index contributed by atoms with van der Waals surface area (Å²) < 4.78 is 10.0. The second-order valence-corrected chi connectivity index (χ2v) is 7.66. The molecule has 4 rings (SSSR count). The van der Waals surface area contributed by atoms with Gasteiger partial charge >= 0.3 is 0 Å². The van der Waals surface area contributed by atoms with Crippen molar-refractivity contribution in [1.29, 1.82) is 0 Å². The Morgan fingerprint density at radius 1 is 1.24 bits per heavy atom. The quantitative estimate of drug-likeness (QED) is 0.429. The van der Waals surface area contributed by atoms with Crippen molar-refractivity contribution in [3.63, 3.8) is 0 Å². The van der Waals surface area contributed by atoms with Crippen molar-refractivity contribution in [2.45, 2.75) is 33.4 Å². The number of amides is 1. The van der Waals surface area contributed by atoms with E-state index in [4.69, 9.17) is 4.42 Å². The maximum absolute atomic E-state index is 12.4. The van der Waals surface area contributed by atoms with Crippen LogP contribution in [0.3, 0.4) is 0 Å². The lowest BCUT2D eigenvalue weighted by atomic mass is 10.1. The predicted molar refractivity (Wildman–Crippen MR) is 112 cm³/mol. The molecule has 8 nitrogen and oxygen atoms in total. The molecular formula is C20H21BrN6O2. The van der Waals surface area contributed by atoms with Gasteiger partial charge in [0.15, 0.2) is 5.65 Å². The van der Waals surface area contributed by atoms with Crippen molar-refractivity contribution < 1.29 is 9.21 Å². The van der Waals surface area contributed by atoms with Crippen LogP contribution in [0.15, 0.2) is 45.7 Å². The fourth-order valence-electron chi connectivity index (χ4n) is 3.30. The van der Waals surface area contributed by atoms with E-state index in [1.54, 1.807) is 17.1 Å². The molecule has 1 amide bonds. The Bertz CT molecular complexity index is 1130. The first kappa shape index (κ1) is 19.4. The zero-order chi connectivity index (χ0) is 20.4. The summed E-state index contributed by atoms with van der Waals surface area (Å²) in [6.45, 7) is 5.29. The van der Waals surface area contributed by atoms with E-state index in [0.717, 1.165) is 45.5 Å². The van der Waals surface area contributed by atoms with E-state index in [1.807, 2.05) is 42.9 Å². The molecule has 150 valence electrons. The monoisotopic (exact) mass is 456 g/mol. The van der Waals surface area contributed by atoms with Crippen LogP contribution in [-0.2, 0) is 17.9 Å². The smallest absolute Gasteiger partial charge is 0.241 e. The molecule has 0 atom stereocenters. The van der Waals surface area contributed by atoms with Crippen LogP contribution in [0.4, 0.5) is 0 Å². The minimum Gasteiger partial charge on any atom is -0.464 e. The molecule has 0 aliphatic carbocycles. The van der Waals surface area contributed by atoms with Crippen molar-refractivity contribution in [2.75, 3.05) is 6.54 Å². The molecule has 4 aromatic rings. The molecule has 0 saturated carbocycles. The van der Waals surface area contributed by atoms with E-state index >= 15 is 0 Å². The zero-order valence-corrected chi connectivity index (χ0v) is 17.8. The van der Waals surface area contributed by atoms with Gasteiger partial charge in [-0.1, -0.05) is 0 Å². The molecule has 29 heavy (non-hydrogen) atoms. The topological polar surface area (TPSA) is 90.8 Å². The van der Waals surface area contributed by atoms with Crippen molar-refractivity contribution >= 4 is 32.9 Å². The zero-order valence-electron chi connectivity index (χ0n) is 16.2. The fraction of sp³-hybridized carbons (Fsp3) is 0.300. The van der Waals surface area contributed by atoms with Gasteiger partial charge < -0.3 is 9.73 Å². The standard InChI is InChI=1S/C20H21BrN6O2/c1-13-16(21)11-26(24-13)9-4-7-22-18(28)12-27-20-19(14(2)25-27)15(6-8-23-20)17-5-3-10-29-17/h3,5-6,8,10-11H,4,7,9,12H2,1-2H3,(H,22,28). The van der Waals surface area contributed by atoms with Crippen molar-refractivity contribution in [3.8, 4) is 11.3 Å².